The molecule has 0 unspecified atom stereocenters. The lowest BCUT2D eigenvalue weighted by Gasteiger charge is -2.30. The van der Waals surface area contributed by atoms with Crippen molar-refractivity contribution in [3.05, 3.63) is 29.8 Å². The topological polar surface area (TPSA) is 41.6 Å². The summed E-state index contributed by atoms with van der Waals surface area (Å²) in [5.41, 5.74) is 0.210. The summed E-state index contributed by atoms with van der Waals surface area (Å²) in [6.07, 6.45) is 0. The van der Waals surface area contributed by atoms with Crippen LogP contribution in [0.2, 0.25) is 0 Å². The minimum absolute atomic E-state index is 0.0303. The molecule has 1 N–H and O–H groups in total. The van der Waals surface area contributed by atoms with Gasteiger partial charge in [0.1, 0.15) is 5.75 Å². The van der Waals surface area contributed by atoms with E-state index < -0.39 is 12.2 Å². The molecule has 118 valence electrons. The van der Waals surface area contributed by atoms with Gasteiger partial charge >= 0.3 is 6.61 Å². The van der Waals surface area contributed by atoms with E-state index in [9.17, 15) is 13.6 Å². The van der Waals surface area contributed by atoms with E-state index in [0.29, 0.717) is 13.1 Å². The molecule has 1 amide bonds. The molecular formula is C15H22F2N2O2. The van der Waals surface area contributed by atoms with Crippen molar-refractivity contribution in [2.75, 3.05) is 13.6 Å². The maximum atomic E-state index is 12.3. The number of ether oxygens (including phenoxy) is 1. The molecule has 0 aliphatic rings. The first-order valence-electron chi connectivity index (χ1n) is 6.80. The highest BCUT2D eigenvalue weighted by atomic mass is 19.3. The van der Waals surface area contributed by atoms with Crippen LogP contribution in [0.15, 0.2) is 24.3 Å². The van der Waals surface area contributed by atoms with Gasteiger partial charge in [0.25, 0.3) is 0 Å². The van der Waals surface area contributed by atoms with Crippen molar-refractivity contribution >= 4 is 5.91 Å². The molecule has 0 saturated heterocycles. The third-order valence-electron chi connectivity index (χ3n) is 3.07. The second kappa shape index (κ2) is 7.36. The molecule has 0 bridgehead atoms. The molecule has 0 aliphatic carbocycles. The molecule has 0 radical (unpaired) electrons. The highest BCUT2D eigenvalue weighted by molar-refractivity contribution is 5.85. The Bertz CT molecular complexity index is 461. The molecule has 0 fully saturated rings. The number of carbonyl (C=O) groups is 1. The molecule has 1 aromatic rings. The van der Waals surface area contributed by atoms with Crippen LogP contribution in [0.25, 0.3) is 0 Å². The van der Waals surface area contributed by atoms with Crippen molar-refractivity contribution in [1.82, 2.24) is 10.2 Å². The van der Waals surface area contributed by atoms with Crippen molar-refractivity contribution in [2.45, 2.75) is 39.5 Å². The summed E-state index contributed by atoms with van der Waals surface area (Å²) >= 11 is 0. The number of rotatable bonds is 7. The summed E-state index contributed by atoms with van der Waals surface area (Å²) in [6.45, 7) is 3.87. The average Bonchev–Trinajstić information content (AvgIpc) is 2.39. The molecule has 1 aromatic carbocycles. The van der Waals surface area contributed by atoms with E-state index in [0.717, 1.165) is 5.56 Å². The molecule has 0 atom stereocenters. The fourth-order valence-corrected chi connectivity index (χ4v) is 2.12. The van der Waals surface area contributed by atoms with E-state index in [2.05, 4.69) is 10.1 Å². The molecule has 0 saturated carbocycles. The predicted molar refractivity (Wildman–Crippen MR) is 77.3 cm³/mol. The first kappa shape index (κ1) is 17.4. The van der Waals surface area contributed by atoms with E-state index >= 15 is 0 Å². The van der Waals surface area contributed by atoms with Crippen molar-refractivity contribution in [3.63, 3.8) is 0 Å². The van der Waals surface area contributed by atoms with Crippen LogP contribution in [0, 0.1) is 0 Å². The molecule has 0 heterocycles. The highest BCUT2D eigenvalue weighted by Crippen LogP contribution is 2.16. The van der Waals surface area contributed by atoms with Gasteiger partial charge in [0.05, 0.1) is 5.54 Å². The Morgan fingerprint density at radius 3 is 2.38 bits per heavy atom. The lowest BCUT2D eigenvalue weighted by molar-refractivity contribution is -0.136. The van der Waals surface area contributed by atoms with Crippen LogP contribution in [0.4, 0.5) is 8.78 Å². The first-order valence-corrected chi connectivity index (χ1v) is 6.80. The first-order chi connectivity index (χ1) is 9.76. The molecule has 0 spiro atoms. The summed E-state index contributed by atoms with van der Waals surface area (Å²) in [7, 11) is 1.71. The van der Waals surface area contributed by atoms with Crippen LogP contribution < -0.4 is 10.1 Å². The van der Waals surface area contributed by atoms with Gasteiger partial charge in [-0.15, -0.1) is 0 Å². The monoisotopic (exact) mass is 300 g/mol. The number of halogens is 2. The van der Waals surface area contributed by atoms with Crippen molar-refractivity contribution < 1.29 is 18.3 Å². The van der Waals surface area contributed by atoms with Gasteiger partial charge in [-0.05, 0) is 38.1 Å². The molecule has 1 rings (SSSR count). The van der Waals surface area contributed by atoms with Gasteiger partial charge in [0.15, 0.2) is 0 Å². The summed E-state index contributed by atoms with van der Waals surface area (Å²) in [5.74, 6) is 0.0768. The minimum Gasteiger partial charge on any atom is -0.435 e. The van der Waals surface area contributed by atoms with E-state index in [1.807, 2.05) is 20.8 Å². The third-order valence-corrected chi connectivity index (χ3v) is 3.07. The van der Waals surface area contributed by atoms with E-state index in [-0.39, 0.29) is 11.7 Å². The van der Waals surface area contributed by atoms with Gasteiger partial charge in [-0.3, -0.25) is 4.79 Å². The van der Waals surface area contributed by atoms with Crippen LogP contribution in [0.5, 0.6) is 5.75 Å². The Morgan fingerprint density at radius 2 is 1.90 bits per heavy atom. The van der Waals surface area contributed by atoms with Gasteiger partial charge in [0.2, 0.25) is 5.91 Å². The molecule has 6 heteroatoms. The van der Waals surface area contributed by atoms with E-state index in [1.54, 1.807) is 24.1 Å². The number of likely N-dealkylation sites (N-methyl/N-ethyl adjacent to an activating group) is 2. The zero-order valence-corrected chi connectivity index (χ0v) is 12.8. The van der Waals surface area contributed by atoms with Crippen molar-refractivity contribution in [3.8, 4) is 5.75 Å². The molecular weight excluding hydrogens is 278 g/mol. The Kier molecular flexibility index (Phi) is 6.08. The standard InChI is InChI=1S/C15H22F2N2O2/c1-5-18-15(2,3)13(20)19(4)10-11-6-8-12(9-7-11)21-14(16)17/h6-9,14,18H,5,10H2,1-4H3. The second-order valence-corrected chi connectivity index (χ2v) is 5.34. The smallest absolute Gasteiger partial charge is 0.387 e. The quantitative estimate of drug-likeness (QED) is 0.841. The lowest BCUT2D eigenvalue weighted by atomic mass is 10.0. The van der Waals surface area contributed by atoms with E-state index in [1.165, 1.54) is 12.1 Å². The number of nitrogens with one attached hydrogen (secondary N) is 1. The van der Waals surface area contributed by atoms with Crippen LogP contribution in [0.1, 0.15) is 26.3 Å². The van der Waals surface area contributed by atoms with Gasteiger partial charge in [0, 0.05) is 13.6 Å². The minimum atomic E-state index is -2.83. The second-order valence-electron chi connectivity index (χ2n) is 5.34. The number of hydrogen-bond acceptors (Lipinski definition) is 3. The lowest BCUT2D eigenvalue weighted by Crippen LogP contribution is -2.52. The van der Waals surface area contributed by atoms with Crippen LogP contribution >= 0.6 is 0 Å². The fraction of sp³-hybridized carbons (Fsp3) is 0.533. The maximum Gasteiger partial charge on any atom is 0.387 e. The zero-order chi connectivity index (χ0) is 16.0. The number of benzene rings is 1. The van der Waals surface area contributed by atoms with Crippen molar-refractivity contribution in [1.29, 1.82) is 0 Å². The van der Waals surface area contributed by atoms with Crippen LogP contribution in [-0.4, -0.2) is 36.5 Å². The Hall–Kier alpha value is -1.69. The fourth-order valence-electron chi connectivity index (χ4n) is 2.12. The van der Waals surface area contributed by atoms with Crippen molar-refractivity contribution in [2.24, 2.45) is 0 Å². The Labute approximate surface area is 124 Å². The number of hydrogen-bond donors (Lipinski definition) is 1. The zero-order valence-electron chi connectivity index (χ0n) is 12.8. The SMILES string of the molecule is CCNC(C)(C)C(=O)N(C)Cc1ccc(OC(F)F)cc1. The average molecular weight is 300 g/mol. The predicted octanol–water partition coefficient (Wildman–Crippen LogP) is 2.63. The number of amides is 1. The Morgan fingerprint density at radius 1 is 1.33 bits per heavy atom. The van der Waals surface area contributed by atoms with Gasteiger partial charge in [-0.2, -0.15) is 8.78 Å². The molecule has 4 nitrogen and oxygen atoms in total. The maximum absolute atomic E-state index is 12.3. The van der Waals surface area contributed by atoms with Crippen LogP contribution in [-0.2, 0) is 11.3 Å². The number of nitrogens with zero attached hydrogens (tertiary/aromatic N) is 1. The Balaban J connectivity index is 2.66. The molecule has 21 heavy (non-hydrogen) atoms. The summed E-state index contributed by atoms with van der Waals surface area (Å²) in [4.78, 5) is 13.9. The number of alkyl halides is 2. The molecule has 0 aromatic heterocycles. The van der Waals surface area contributed by atoms with Crippen LogP contribution in [0.3, 0.4) is 0 Å². The van der Waals surface area contributed by atoms with Gasteiger partial charge < -0.3 is 15.0 Å². The summed E-state index contributed by atoms with van der Waals surface area (Å²) in [6, 6.07) is 6.27. The third kappa shape index (κ3) is 5.30. The normalized spacial score (nSPS) is 11.6. The van der Waals surface area contributed by atoms with Gasteiger partial charge in [-0.1, -0.05) is 19.1 Å². The molecule has 0 aliphatic heterocycles. The van der Waals surface area contributed by atoms with Gasteiger partial charge in [-0.25, -0.2) is 0 Å². The summed E-state index contributed by atoms with van der Waals surface area (Å²) < 4.78 is 28.4. The largest absolute Gasteiger partial charge is 0.435 e. The number of carbonyl (C=O) groups excluding carboxylic acids is 1. The summed E-state index contributed by atoms with van der Waals surface area (Å²) in [5, 5.41) is 3.12. The van der Waals surface area contributed by atoms with E-state index in [4.69, 9.17) is 0 Å². The highest BCUT2D eigenvalue weighted by Gasteiger charge is 2.29.